The van der Waals surface area contributed by atoms with Crippen LogP contribution in [-0.4, -0.2) is 0 Å². The monoisotopic (exact) mass is 670 g/mol. The highest BCUT2D eigenvalue weighted by molar-refractivity contribution is 6.22. The Morgan fingerprint density at radius 3 is 1.96 bits per heavy atom. The van der Waals surface area contributed by atoms with Gasteiger partial charge in [-0.25, -0.2) is 0 Å². The minimum absolute atomic E-state index is 0.0318. The number of benzene rings is 6. The first-order valence-corrected chi connectivity index (χ1v) is 18.8. The molecule has 0 nitrogen and oxygen atoms in total. The second kappa shape index (κ2) is 14.1. The van der Waals surface area contributed by atoms with Crippen LogP contribution >= 0.6 is 0 Å². The fourth-order valence-corrected chi connectivity index (χ4v) is 8.76. The van der Waals surface area contributed by atoms with E-state index in [0.717, 1.165) is 19.3 Å². The van der Waals surface area contributed by atoms with Crippen molar-refractivity contribution in [2.75, 3.05) is 0 Å². The molecule has 0 unspecified atom stereocenters. The lowest BCUT2D eigenvalue weighted by atomic mass is 9.78. The third-order valence-corrected chi connectivity index (χ3v) is 11.2. The van der Waals surface area contributed by atoms with Crippen molar-refractivity contribution in [3.05, 3.63) is 201 Å². The number of fused-ring (bicyclic) bond motifs is 2. The van der Waals surface area contributed by atoms with Gasteiger partial charge in [0.15, 0.2) is 0 Å². The molecule has 254 valence electrons. The first-order chi connectivity index (χ1) is 25.5. The van der Waals surface area contributed by atoms with Crippen molar-refractivity contribution in [2.24, 2.45) is 5.41 Å². The molecule has 0 saturated carbocycles. The number of rotatable bonds is 6. The molecule has 8 rings (SSSR count). The van der Waals surface area contributed by atoms with Crippen LogP contribution in [0.1, 0.15) is 57.2 Å². The van der Waals surface area contributed by atoms with E-state index in [4.69, 9.17) is 0 Å². The summed E-state index contributed by atoms with van der Waals surface area (Å²) in [7, 11) is 0. The Morgan fingerprint density at radius 2 is 1.27 bits per heavy atom. The zero-order valence-electron chi connectivity index (χ0n) is 30.8. The van der Waals surface area contributed by atoms with Gasteiger partial charge < -0.3 is 0 Å². The Kier molecular flexibility index (Phi) is 9.08. The predicted octanol–water partition coefficient (Wildman–Crippen LogP) is 12.6. The van der Waals surface area contributed by atoms with Crippen molar-refractivity contribution >= 4 is 45.3 Å². The Bertz CT molecular complexity index is 2560. The van der Waals surface area contributed by atoms with Gasteiger partial charge in [0.05, 0.1) is 0 Å². The van der Waals surface area contributed by atoms with Gasteiger partial charge in [-0.05, 0) is 127 Å². The Balaban J connectivity index is 1.36. The zero-order valence-corrected chi connectivity index (χ0v) is 30.8. The second-order valence-corrected chi connectivity index (χ2v) is 14.6. The third-order valence-electron chi connectivity index (χ3n) is 11.2. The molecule has 0 atom stereocenters. The van der Waals surface area contributed by atoms with E-state index in [1.807, 2.05) is 0 Å². The molecule has 0 heterocycles. The first-order valence-electron chi connectivity index (χ1n) is 18.8. The molecule has 6 aromatic carbocycles. The van der Waals surface area contributed by atoms with E-state index in [2.05, 4.69) is 198 Å². The normalized spacial score (nSPS) is 18.0. The van der Waals surface area contributed by atoms with Gasteiger partial charge in [0, 0.05) is 5.41 Å². The van der Waals surface area contributed by atoms with Gasteiger partial charge in [-0.1, -0.05) is 177 Å². The molecule has 2 aliphatic rings. The van der Waals surface area contributed by atoms with E-state index >= 15 is 0 Å². The molecule has 0 fully saturated rings. The van der Waals surface area contributed by atoms with Crippen LogP contribution in [0.5, 0.6) is 0 Å². The SMILES string of the molecule is C/C=c1/cccc/c1=C/C(=C/c1ccccc1)c1c2ccccc2c(-c2ccccc2C/C=C2\C(=C/C)C3=C(CCC=C3)C2(C)C)c2ccccc12. The van der Waals surface area contributed by atoms with Gasteiger partial charge in [0.25, 0.3) is 0 Å². The van der Waals surface area contributed by atoms with Gasteiger partial charge in [-0.15, -0.1) is 0 Å². The third kappa shape index (κ3) is 5.93. The van der Waals surface area contributed by atoms with Crippen LogP contribution in [0.25, 0.3) is 56.5 Å². The fraction of sp³-hybridized carbons (Fsp3) is 0.154. The number of hydrogen-bond donors (Lipinski definition) is 0. The smallest absolute Gasteiger partial charge is 0.0117 e. The summed E-state index contributed by atoms with van der Waals surface area (Å²) in [6.07, 6.45) is 19.6. The van der Waals surface area contributed by atoms with Gasteiger partial charge in [-0.2, -0.15) is 0 Å². The lowest BCUT2D eigenvalue weighted by Gasteiger charge is -2.26. The van der Waals surface area contributed by atoms with E-state index < -0.39 is 0 Å². The second-order valence-electron chi connectivity index (χ2n) is 14.6. The summed E-state index contributed by atoms with van der Waals surface area (Å²) in [4.78, 5) is 0. The lowest BCUT2D eigenvalue weighted by molar-refractivity contribution is 0.537. The lowest BCUT2D eigenvalue weighted by Crippen LogP contribution is -2.23. The van der Waals surface area contributed by atoms with Crippen LogP contribution in [0.3, 0.4) is 0 Å². The predicted molar refractivity (Wildman–Crippen MR) is 226 cm³/mol. The molecule has 0 N–H and O–H groups in total. The molecule has 0 amide bonds. The highest BCUT2D eigenvalue weighted by atomic mass is 14.4. The quantitative estimate of drug-likeness (QED) is 0.122. The van der Waals surface area contributed by atoms with Crippen LogP contribution in [0.2, 0.25) is 0 Å². The van der Waals surface area contributed by atoms with Crippen molar-refractivity contribution in [3.8, 4) is 11.1 Å². The molecule has 6 aromatic rings. The van der Waals surface area contributed by atoms with E-state index in [-0.39, 0.29) is 5.41 Å². The Morgan fingerprint density at radius 1 is 0.654 bits per heavy atom. The highest BCUT2D eigenvalue weighted by Crippen LogP contribution is 2.53. The van der Waals surface area contributed by atoms with Crippen molar-refractivity contribution < 1.29 is 0 Å². The summed E-state index contributed by atoms with van der Waals surface area (Å²) in [5.74, 6) is 0. The van der Waals surface area contributed by atoms with E-state index in [0.29, 0.717) is 0 Å². The zero-order chi connectivity index (χ0) is 35.7. The van der Waals surface area contributed by atoms with Crippen LogP contribution in [0.15, 0.2) is 174 Å². The van der Waals surface area contributed by atoms with E-state index in [1.54, 1.807) is 5.57 Å². The fourth-order valence-electron chi connectivity index (χ4n) is 8.76. The molecule has 2 aliphatic carbocycles. The van der Waals surface area contributed by atoms with E-state index in [1.165, 1.54) is 82.1 Å². The molecule has 0 saturated heterocycles. The van der Waals surface area contributed by atoms with Crippen molar-refractivity contribution in [3.63, 3.8) is 0 Å². The summed E-state index contributed by atoms with van der Waals surface area (Å²) < 4.78 is 0. The van der Waals surface area contributed by atoms with Crippen LogP contribution < -0.4 is 10.4 Å². The van der Waals surface area contributed by atoms with E-state index in [9.17, 15) is 0 Å². The number of allylic oxidation sites excluding steroid dienone is 9. The summed E-state index contributed by atoms with van der Waals surface area (Å²) >= 11 is 0. The maximum absolute atomic E-state index is 2.52. The van der Waals surface area contributed by atoms with Crippen LogP contribution in [0, 0.1) is 5.41 Å². The Labute approximate surface area is 308 Å². The van der Waals surface area contributed by atoms with Gasteiger partial charge in [-0.3, -0.25) is 0 Å². The van der Waals surface area contributed by atoms with Crippen molar-refractivity contribution in [1.82, 2.24) is 0 Å². The first kappa shape index (κ1) is 33.4. The summed E-state index contributed by atoms with van der Waals surface area (Å²) in [6, 6.07) is 46.6. The maximum atomic E-state index is 2.52. The topological polar surface area (TPSA) is 0 Å². The van der Waals surface area contributed by atoms with Gasteiger partial charge >= 0.3 is 0 Å². The van der Waals surface area contributed by atoms with Crippen molar-refractivity contribution in [1.29, 1.82) is 0 Å². The molecule has 0 spiro atoms. The molecular weight excluding hydrogens is 625 g/mol. The molecule has 0 aliphatic heterocycles. The average molecular weight is 671 g/mol. The molecule has 0 aromatic heterocycles. The average Bonchev–Trinajstić information content (AvgIpc) is 3.41. The summed E-state index contributed by atoms with van der Waals surface area (Å²) in [5.41, 5.74) is 13.5. The maximum Gasteiger partial charge on any atom is 0.0117 e. The largest absolute Gasteiger partial charge is 0.0836 e. The molecule has 0 radical (unpaired) electrons. The standard InChI is InChI=1S/C52H46/c1-5-37-22-10-11-24-39(37)35-40(34-36-20-8-7-9-21-36)50-44-27-14-16-29-46(44)51(47-30-17-15-28-45(47)50)42-25-13-12-23-38(42)32-33-49-41(6-2)43-26-18-19-31-48(43)52(49,3)4/h5-18,20-30,33-35H,19,31-32H2,1-4H3/b37-5-,39-35-,40-34-,41-6-,49-33+. The van der Waals surface area contributed by atoms with Crippen LogP contribution in [0.4, 0.5) is 0 Å². The highest BCUT2D eigenvalue weighted by Gasteiger charge is 2.39. The Hall–Kier alpha value is -5.72. The minimum Gasteiger partial charge on any atom is -0.0836 e. The molecule has 0 bridgehead atoms. The van der Waals surface area contributed by atoms with Gasteiger partial charge in [0.2, 0.25) is 0 Å². The van der Waals surface area contributed by atoms with Crippen molar-refractivity contribution in [2.45, 2.75) is 47.0 Å². The minimum atomic E-state index is 0.0318. The van der Waals surface area contributed by atoms with Gasteiger partial charge in [0.1, 0.15) is 0 Å². The van der Waals surface area contributed by atoms with Crippen LogP contribution in [-0.2, 0) is 6.42 Å². The molecule has 52 heavy (non-hydrogen) atoms. The number of hydrogen-bond acceptors (Lipinski definition) is 0. The molecule has 0 heteroatoms. The summed E-state index contributed by atoms with van der Waals surface area (Å²) in [5, 5.41) is 7.52. The summed E-state index contributed by atoms with van der Waals surface area (Å²) in [6.45, 7) is 9.16. The molecular formula is C52H46.